The minimum absolute atomic E-state index is 0.0758. The molecule has 0 saturated carbocycles. The van der Waals surface area contributed by atoms with Crippen molar-refractivity contribution in [3.8, 4) is 0 Å². The average molecular weight is 217 g/mol. The number of thiol groups is 1. The summed E-state index contributed by atoms with van der Waals surface area (Å²) in [5.74, 6) is 0. The molecule has 0 aromatic heterocycles. The van der Waals surface area contributed by atoms with Crippen LogP contribution in [0.1, 0.15) is 12.0 Å². The summed E-state index contributed by atoms with van der Waals surface area (Å²) in [6, 6.07) is 9.56. The Kier molecular flexibility index (Phi) is 4.55. The summed E-state index contributed by atoms with van der Waals surface area (Å²) < 4.78 is 32.6. The first-order chi connectivity index (χ1) is 6.70. The zero-order chi connectivity index (χ0) is 10.4. The average Bonchev–Trinajstić information content (AvgIpc) is 2.19. The predicted octanol–water partition coefficient (Wildman–Crippen LogP) is 1.33. The molecule has 0 aliphatic heterocycles. The molecule has 0 amide bonds. The molecule has 0 fully saturated rings. The monoisotopic (exact) mass is 217 g/mol. The first kappa shape index (κ1) is 11.1. The van der Waals surface area contributed by atoms with Crippen LogP contribution in [0.3, 0.4) is 0 Å². The third-order valence-corrected chi connectivity index (χ3v) is 2.38. The number of benzene rings is 1. The predicted molar refractivity (Wildman–Crippen MR) is 52.9 cm³/mol. The standard InChI is InChI=1S/C9H12FNO2S/c10-11(14(12)13)8-4-7-9-5-2-1-3-6-9/h1-3,5-6,14H,4,7-8H2. The van der Waals surface area contributed by atoms with Crippen molar-refractivity contribution in [2.75, 3.05) is 6.54 Å². The Morgan fingerprint density at radius 2 is 1.86 bits per heavy atom. The molecule has 0 aliphatic rings. The number of nitrogens with zero attached hydrogens (tertiary/aromatic N) is 1. The third-order valence-electron chi connectivity index (χ3n) is 1.83. The summed E-state index contributed by atoms with van der Waals surface area (Å²) in [5.41, 5.74) is 1.09. The van der Waals surface area contributed by atoms with Crippen LogP contribution < -0.4 is 0 Å². The van der Waals surface area contributed by atoms with Crippen molar-refractivity contribution in [3.63, 3.8) is 0 Å². The quantitative estimate of drug-likeness (QED) is 0.597. The zero-order valence-electron chi connectivity index (χ0n) is 7.60. The Bertz CT molecular complexity index is 332. The van der Waals surface area contributed by atoms with Crippen molar-refractivity contribution in [3.05, 3.63) is 35.9 Å². The molecule has 1 aromatic rings. The van der Waals surface area contributed by atoms with Gasteiger partial charge in [-0.25, -0.2) is 8.42 Å². The maximum absolute atomic E-state index is 12.5. The van der Waals surface area contributed by atoms with E-state index in [4.69, 9.17) is 0 Å². The lowest BCUT2D eigenvalue weighted by Crippen LogP contribution is -2.13. The highest BCUT2D eigenvalue weighted by molar-refractivity contribution is 7.69. The van der Waals surface area contributed by atoms with Crippen LogP contribution in [0, 0.1) is 0 Å². The summed E-state index contributed by atoms with van der Waals surface area (Å²) in [6.45, 7) is -0.0758. The van der Waals surface area contributed by atoms with Crippen molar-refractivity contribution >= 4 is 10.9 Å². The van der Waals surface area contributed by atoms with Gasteiger partial charge in [-0.3, -0.25) is 0 Å². The van der Waals surface area contributed by atoms with Crippen LogP contribution in [0.2, 0.25) is 0 Å². The zero-order valence-corrected chi connectivity index (χ0v) is 8.49. The first-order valence-electron chi connectivity index (χ1n) is 4.31. The van der Waals surface area contributed by atoms with Crippen molar-refractivity contribution < 1.29 is 12.9 Å². The molecular formula is C9H12FNO2S. The van der Waals surface area contributed by atoms with Crippen molar-refractivity contribution in [1.82, 2.24) is 4.53 Å². The fourth-order valence-electron chi connectivity index (χ4n) is 1.14. The van der Waals surface area contributed by atoms with E-state index in [0.29, 0.717) is 12.8 Å². The molecule has 0 spiro atoms. The van der Waals surface area contributed by atoms with Gasteiger partial charge >= 0.3 is 0 Å². The maximum Gasteiger partial charge on any atom is 0.230 e. The van der Waals surface area contributed by atoms with Crippen molar-refractivity contribution in [2.24, 2.45) is 0 Å². The molecule has 0 bridgehead atoms. The van der Waals surface area contributed by atoms with Gasteiger partial charge in [-0.2, -0.15) is 0 Å². The minimum atomic E-state index is -3.08. The van der Waals surface area contributed by atoms with E-state index in [2.05, 4.69) is 0 Å². The van der Waals surface area contributed by atoms with Gasteiger partial charge in [-0.15, -0.1) is 4.48 Å². The number of aryl methyl sites for hydroxylation is 1. The molecular weight excluding hydrogens is 205 g/mol. The van der Waals surface area contributed by atoms with E-state index in [1.807, 2.05) is 30.3 Å². The minimum Gasteiger partial charge on any atom is -0.213 e. The van der Waals surface area contributed by atoms with E-state index in [0.717, 1.165) is 5.56 Å². The Labute approximate surface area is 84.2 Å². The maximum atomic E-state index is 12.5. The molecule has 0 unspecified atom stereocenters. The van der Waals surface area contributed by atoms with E-state index >= 15 is 0 Å². The first-order valence-corrected chi connectivity index (χ1v) is 5.44. The molecule has 14 heavy (non-hydrogen) atoms. The molecule has 3 nitrogen and oxygen atoms in total. The van der Waals surface area contributed by atoms with Crippen LogP contribution in [0.4, 0.5) is 4.48 Å². The van der Waals surface area contributed by atoms with Crippen LogP contribution >= 0.6 is 0 Å². The summed E-state index contributed by atoms with van der Waals surface area (Å²) in [5, 5.41) is 0. The number of rotatable bonds is 5. The Morgan fingerprint density at radius 1 is 1.21 bits per heavy atom. The topological polar surface area (TPSA) is 37.4 Å². The highest BCUT2D eigenvalue weighted by Gasteiger charge is 2.03. The third kappa shape index (κ3) is 3.85. The van der Waals surface area contributed by atoms with E-state index in [1.165, 1.54) is 0 Å². The second kappa shape index (κ2) is 5.72. The van der Waals surface area contributed by atoms with E-state index in [1.54, 1.807) is 0 Å². The van der Waals surface area contributed by atoms with Gasteiger partial charge in [0.15, 0.2) is 0 Å². The summed E-state index contributed by atoms with van der Waals surface area (Å²) in [7, 11) is -3.08. The van der Waals surface area contributed by atoms with Crippen LogP contribution in [0.15, 0.2) is 30.3 Å². The molecule has 1 rings (SSSR count). The molecule has 78 valence electrons. The van der Waals surface area contributed by atoms with E-state index < -0.39 is 10.9 Å². The molecule has 0 radical (unpaired) electrons. The smallest absolute Gasteiger partial charge is 0.213 e. The Hall–Kier alpha value is -0.940. The highest BCUT2D eigenvalue weighted by Crippen LogP contribution is 2.03. The van der Waals surface area contributed by atoms with Crippen molar-refractivity contribution in [2.45, 2.75) is 12.8 Å². The number of hydrogen-bond donors (Lipinski definition) is 1. The fourth-order valence-corrected chi connectivity index (χ4v) is 1.44. The van der Waals surface area contributed by atoms with Gasteiger partial charge in [-0.1, -0.05) is 30.3 Å². The van der Waals surface area contributed by atoms with Crippen LogP contribution in [0.25, 0.3) is 0 Å². The summed E-state index contributed by atoms with van der Waals surface area (Å²) in [6.07, 6.45) is 1.17. The Balaban J connectivity index is 2.29. The second-order valence-corrected chi connectivity index (χ2v) is 3.80. The Morgan fingerprint density at radius 3 is 2.43 bits per heavy atom. The number of halogens is 1. The van der Waals surface area contributed by atoms with Gasteiger partial charge in [-0.05, 0) is 22.9 Å². The highest BCUT2D eigenvalue weighted by atomic mass is 32.2. The van der Waals surface area contributed by atoms with Crippen LogP contribution in [0.5, 0.6) is 0 Å². The van der Waals surface area contributed by atoms with Crippen molar-refractivity contribution in [1.29, 1.82) is 0 Å². The number of hydrogen-bond acceptors (Lipinski definition) is 2. The normalized spacial score (nSPS) is 11.1. The molecule has 0 N–H and O–H groups in total. The van der Waals surface area contributed by atoms with Gasteiger partial charge in [0.25, 0.3) is 0 Å². The van der Waals surface area contributed by atoms with Gasteiger partial charge in [0.2, 0.25) is 10.9 Å². The van der Waals surface area contributed by atoms with Gasteiger partial charge in [0, 0.05) is 6.54 Å². The molecule has 1 aromatic carbocycles. The molecule has 0 saturated heterocycles. The molecule has 0 aliphatic carbocycles. The lowest BCUT2D eigenvalue weighted by molar-refractivity contribution is 0.144. The lowest BCUT2D eigenvalue weighted by Gasteiger charge is -2.03. The van der Waals surface area contributed by atoms with Gasteiger partial charge in [0.1, 0.15) is 0 Å². The second-order valence-electron chi connectivity index (χ2n) is 2.89. The summed E-state index contributed by atoms with van der Waals surface area (Å²) >= 11 is 0. The van der Waals surface area contributed by atoms with E-state index in [-0.39, 0.29) is 11.1 Å². The molecule has 0 atom stereocenters. The van der Waals surface area contributed by atoms with Gasteiger partial charge < -0.3 is 0 Å². The largest absolute Gasteiger partial charge is 0.230 e. The fraction of sp³-hybridized carbons (Fsp3) is 0.333. The van der Waals surface area contributed by atoms with Gasteiger partial charge in [0.05, 0.1) is 0 Å². The van der Waals surface area contributed by atoms with Crippen LogP contribution in [-0.4, -0.2) is 19.5 Å². The lowest BCUT2D eigenvalue weighted by atomic mass is 10.1. The SMILES string of the molecule is O=[SH](=O)N(F)CCCc1ccccc1. The molecule has 5 heteroatoms. The summed E-state index contributed by atoms with van der Waals surface area (Å²) in [4.78, 5) is 0. The van der Waals surface area contributed by atoms with E-state index in [9.17, 15) is 12.9 Å². The molecule has 0 heterocycles. The van der Waals surface area contributed by atoms with Crippen LogP contribution in [-0.2, 0) is 17.3 Å².